The van der Waals surface area contributed by atoms with E-state index in [0.717, 1.165) is 42.4 Å². The number of halogens is 1. The second-order valence-corrected chi connectivity index (χ2v) is 9.82. The molecular weight excluding hydrogens is 390 g/mol. The van der Waals surface area contributed by atoms with Crippen LogP contribution in [-0.2, 0) is 20.8 Å². The van der Waals surface area contributed by atoms with E-state index in [-0.39, 0.29) is 17.7 Å². The van der Waals surface area contributed by atoms with E-state index >= 15 is 0 Å². The van der Waals surface area contributed by atoms with Crippen LogP contribution in [0.25, 0.3) is 11.0 Å². The van der Waals surface area contributed by atoms with Crippen molar-refractivity contribution in [2.24, 2.45) is 13.0 Å². The van der Waals surface area contributed by atoms with E-state index in [1.807, 2.05) is 23.9 Å². The molecule has 148 valence electrons. The summed E-state index contributed by atoms with van der Waals surface area (Å²) in [6.45, 7) is 2.06. The minimum absolute atomic E-state index is 0.0214. The summed E-state index contributed by atoms with van der Waals surface area (Å²) in [6, 6.07) is 2.08. The molecule has 7 nitrogen and oxygen atoms in total. The number of aryl methyl sites for hydroxylation is 1. The maximum absolute atomic E-state index is 12.4. The van der Waals surface area contributed by atoms with Crippen molar-refractivity contribution in [2.45, 2.75) is 38.6 Å². The van der Waals surface area contributed by atoms with E-state index in [4.69, 9.17) is 15.4 Å². The molecule has 3 rings (SSSR count). The number of hydrogen-bond acceptors (Lipinski definition) is 6. The number of carbonyl (C=O) groups excluding carboxylic acids is 1. The van der Waals surface area contributed by atoms with Gasteiger partial charge in [0.2, 0.25) is 9.05 Å². The summed E-state index contributed by atoms with van der Waals surface area (Å²) >= 11 is 0. The predicted octanol–water partition coefficient (Wildman–Crippen LogP) is 3.29. The molecule has 0 saturated heterocycles. The van der Waals surface area contributed by atoms with E-state index in [9.17, 15) is 13.2 Å². The first-order valence-corrected chi connectivity index (χ1v) is 11.6. The fourth-order valence-corrected chi connectivity index (χ4v) is 5.12. The molecule has 0 amide bonds. The van der Waals surface area contributed by atoms with Crippen LogP contribution >= 0.6 is 10.7 Å². The first kappa shape index (κ1) is 19.9. The number of nitrogens with zero attached hydrogens (tertiary/aromatic N) is 2. The smallest absolute Gasteiger partial charge is 0.341 e. The number of ether oxygens (including phenoxy) is 1. The molecule has 2 heterocycles. The van der Waals surface area contributed by atoms with Crippen LogP contribution in [0.2, 0.25) is 0 Å². The molecule has 0 aliphatic heterocycles. The van der Waals surface area contributed by atoms with Crippen molar-refractivity contribution in [3.63, 3.8) is 0 Å². The Morgan fingerprint density at radius 1 is 1.37 bits per heavy atom. The Bertz CT molecular complexity index is 933. The number of rotatable bonds is 6. The van der Waals surface area contributed by atoms with Crippen molar-refractivity contribution in [1.29, 1.82) is 0 Å². The lowest BCUT2D eigenvalue weighted by Gasteiger charge is -2.29. The lowest BCUT2D eigenvalue weighted by atomic mass is 9.87. The van der Waals surface area contributed by atoms with Crippen molar-refractivity contribution in [1.82, 2.24) is 9.55 Å². The van der Waals surface area contributed by atoms with Gasteiger partial charge in [0.15, 0.2) is 0 Å². The summed E-state index contributed by atoms with van der Waals surface area (Å²) in [5.74, 6) is -0.294. The molecule has 0 aromatic carbocycles. The van der Waals surface area contributed by atoms with Crippen molar-refractivity contribution in [3.05, 3.63) is 24.0 Å². The zero-order valence-corrected chi connectivity index (χ0v) is 17.0. The SMILES string of the molecule is CCOC(=O)c1cnc2c(ccn2C)c1N[C@H]1CC[C@H](CS(=O)(=O)Cl)CC1. The highest BCUT2D eigenvalue weighted by molar-refractivity contribution is 8.13. The lowest BCUT2D eigenvalue weighted by Crippen LogP contribution is -2.29. The number of nitrogens with one attached hydrogen (secondary N) is 1. The minimum Gasteiger partial charge on any atom is -0.462 e. The molecule has 0 radical (unpaired) electrons. The molecule has 2 aromatic heterocycles. The summed E-state index contributed by atoms with van der Waals surface area (Å²) in [6.07, 6.45) is 6.64. The van der Waals surface area contributed by atoms with Crippen molar-refractivity contribution in [3.8, 4) is 0 Å². The monoisotopic (exact) mass is 413 g/mol. The van der Waals surface area contributed by atoms with Crippen LogP contribution in [0.15, 0.2) is 18.5 Å². The predicted molar refractivity (Wildman–Crippen MR) is 106 cm³/mol. The average Bonchev–Trinajstić information content (AvgIpc) is 2.97. The van der Waals surface area contributed by atoms with Crippen LogP contribution in [0.4, 0.5) is 5.69 Å². The average molecular weight is 414 g/mol. The van der Waals surface area contributed by atoms with Gasteiger partial charge in [-0.05, 0) is 44.6 Å². The van der Waals surface area contributed by atoms with Gasteiger partial charge in [0, 0.05) is 41.6 Å². The molecule has 27 heavy (non-hydrogen) atoms. The van der Waals surface area contributed by atoms with Gasteiger partial charge in [0.1, 0.15) is 11.2 Å². The molecule has 9 heteroatoms. The summed E-state index contributed by atoms with van der Waals surface area (Å²) < 4.78 is 29.7. The Kier molecular flexibility index (Phi) is 5.95. The second kappa shape index (κ2) is 8.06. The summed E-state index contributed by atoms with van der Waals surface area (Å²) in [5, 5.41) is 4.36. The molecule has 1 aliphatic rings. The van der Waals surface area contributed by atoms with Crippen molar-refractivity contribution in [2.75, 3.05) is 17.7 Å². The highest BCUT2D eigenvalue weighted by atomic mass is 35.7. The number of hydrogen-bond donors (Lipinski definition) is 1. The summed E-state index contributed by atoms with van der Waals surface area (Å²) in [4.78, 5) is 16.8. The van der Waals surface area contributed by atoms with E-state index < -0.39 is 15.0 Å². The zero-order chi connectivity index (χ0) is 19.6. The quantitative estimate of drug-likeness (QED) is 0.577. The Labute approximate surface area is 163 Å². The first-order chi connectivity index (χ1) is 12.8. The number of aromatic nitrogens is 2. The van der Waals surface area contributed by atoms with Gasteiger partial charge in [-0.3, -0.25) is 0 Å². The van der Waals surface area contributed by atoms with Gasteiger partial charge in [0.25, 0.3) is 0 Å². The van der Waals surface area contributed by atoms with Crippen LogP contribution in [0.1, 0.15) is 43.0 Å². The molecule has 1 fully saturated rings. The van der Waals surface area contributed by atoms with Crippen LogP contribution in [0.3, 0.4) is 0 Å². The van der Waals surface area contributed by atoms with Crippen LogP contribution in [0.5, 0.6) is 0 Å². The van der Waals surface area contributed by atoms with Gasteiger partial charge in [-0.1, -0.05) is 0 Å². The number of carbonyl (C=O) groups is 1. The van der Waals surface area contributed by atoms with E-state index in [1.54, 1.807) is 13.1 Å². The molecule has 1 aliphatic carbocycles. The maximum atomic E-state index is 12.4. The molecule has 0 unspecified atom stereocenters. The van der Waals surface area contributed by atoms with Gasteiger partial charge in [-0.25, -0.2) is 18.2 Å². The van der Waals surface area contributed by atoms with Crippen LogP contribution < -0.4 is 5.32 Å². The standard InChI is InChI=1S/C18H24ClN3O4S/c1-3-26-18(23)15-10-20-17-14(8-9-22(17)2)16(15)21-13-6-4-12(5-7-13)11-27(19,24)25/h8-10,12-13H,3-7,11H2,1-2H3,(H,20,21)/t12-,13-. The van der Waals surface area contributed by atoms with Gasteiger partial charge in [-0.15, -0.1) is 0 Å². The highest BCUT2D eigenvalue weighted by Gasteiger charge is 2.27. The Balaban J connectivity index is 1.81. The lowest BCUT2D eigenvalue weighted by molar-refractivity contribution is 0.0527. The first-order valence-electron chi connectivity index (χ1n) is 9.08. The fraction of sp³-hybridized carbons (Fsp3) is 0.556. The van der Waals surface area contributed by atoms with E-state index in [2.05, 4.69) is 10.3 Å². The summed E-state index contributed by atoms with van der Waals surface area (Å²) in [7, 11) is 3.81. The number of fused-ring (bicyclic) bond motifs is 1. The van der Waals surface area contributed by atoms with Crippen molar-refractivity contribution >= 4 is 42.4 Å². The molecule has 1 N–H and O–H groups in total. The van der Waals surface area contributed by atoms with Gasteiger partial charge >= 0.3 is 5.97 Å². The third-order valence-corrected chi connectivity index (χ3v) is 6.27. The topological polar surface area (TPSA) is 90.3 Å². The molecule has 2 aromatic rings. The fourth-order valence-electron chi connectivity index (χ4n) is 3.69. The number of esters is 1. The minimum atomic E-state index is -3.47. The Morgan fingerprint density at radius 3 is 2.70 bits per heavy atom. The molecule has 0 bridgehead atoms. The van der Waals surface area contributed by atoms with Gasteiger partial charge < -0.3 is 14.6 Å². The molecule has 0 spiro atoms. The Morgan fingerprint density at radius 2 is 2.07 bits per heavy atom. The molecule has 1 saturated carbocycles. The normalized spacial score (nSPS) is 20.6. The van der Waals surface area contributed by atoms with E-state index in [0.29, 0.717) is 12.2 Å². The molecular formula is C18H24ClN3O4S. The third-order valence-electron chi connectivity index (χ3n) is 5.02. The number of anilines is 1. The largest absolute Gasteiger partial charge is 0.462 e. The Hall–Kier alpha value is -1.80. The third kappa shape index (κ3) is 4.73. The molecule has 0 atom stereocenters. The number of pyridine rings is 1. The highest BCUT2D eigenvalue weighted by Crippen LogP contribution is 2.32. The second-order valence-electron chi connectivity index (χ2n) is 7.00. The summed E-state index contributed by atoms with van der Waals surface area (Å²) in [5.41, 5.74) is 1.93. The van der Waals surface area contributed by atoms with Crippen LogP contribution in [-0.4, -0.2) is 42.3 Å². The zero-order valence-electron chi connectivity index (χ0n) is 15.4. The van der Waals surface area contributed by atoms with Gasteiger partial charge in [0.05, 0.1) is 18.0 Å². The van der Waals surface area contributed by atoms with E-state index in [1.165, 1.54) is 0 Å². The van der Waals surface area contributed by atoms with Crippen LogP contribution in [0, 0.1) is 5.92 Å². The van der Waals surface area contributed by atoms with Gasteiger partial charge in [-0.2, -0.15) is 0 Å². The van der Waals surface area contributed by atoms with Crippen molar-refractivity contribution < 1.29 is 17.9 Å². The maximum Gasteiger partial charge on any atom is 0.341 e.